The highest BCUT2D eigenvalue weighted by Crippen LogP contribution is 2.29. The van der Waals surface area contributed by atoms with Crippen LogP contribution >= 0.6 is 0 Å². The van der Waals surface area contributed by atoms with Crippen molar-refractivity contribution in [2.45, 2.75) is 46.1 Å². The van der Waals surface area contributed by atoms with E-state index in [-0.39, 0.29) is 30.9 Å². The summed E-state index contributed by atoms with van der Waals surface area (Å²) in [6, 6.07) is 4.75. The summed E-state index contributed by atoms with van der Waals surface area (Å²) in [5.74, 6) is -2.19. The molecule has 2 aromatic rings. The zero-order valence-electron chi connectivity index (χ0n) is 16.9. The smallest absolute Gasteiger partial charge is 0.342 e. The summed E-state index contributed by atoms with van der Waals surface area (Å²) in [7, 11) is 0. The van der Waals surface area contributed by atoms with Gasteiger partial charge in [-0.25, -0.2) is 4.79 Å². The maximum absolute atomic E-state index is 12.3. The molecule has 0 spiro atoms. The Hall–Kier alpha value is -3.56. The maximum atomic E-state index is 12.3. The minimum absolute atomic E-state index is 0.0686. The molecule has 0 atom stereocenters. The Bertz CT molecular complexity index is 948. The van der Waals surface area contributed by atoms with Crippen LogP contribution in [0.3, 0.4) is 0 Å². The number of hydrazine groups is 1. The van der Waals surface area contributed by atoms with Gasteiger partial charge in [0.1, 0.15) is 22.7 Å². The van der Waals surface area contributed by atoms with Gasteiger partial charge in [-0.2, -0.15) is 0 Å². The number of carbonyl (C=O) groups is 4. The van der Waals surface area contributed by atoms with E-state index >= 15 is 0 Å². The standard InChI is InChI=1S/C20H24N2O8/c1-11(2)29-20(27)19-12(3)30-15-8-7-13(9-14(15)19)28-10-17(24)22-21-16(23)5-4-6-18(25)26/h7-9,11H,4-6,10H2,1-3H3,(H,21,23)(H,22,24)(H,25,26)/p-1. The van der Waals surface area contributed by atoms with Crippen LogP contribution in [0.5, 0.6) is 5.75 Å². The number of nitrogens with one attached hydrogen (secondary N) is 2. The Morgan fingerprint density at radius 1 is 1.10 bits per heavy atom. The third-order valence-corrected chi connectivity index (χ3v) is 3.88. The summed E-state index contributed by atoms with van der Waals surface area (Å²) >= 11 is 0. The van der Waals surface area contributed by atoms with Gasteiger partial charge in [0.2, 0.25) is 5.91 Å². The number of fused-ring (bicyclic) bond motifs is 1. The van der Waals surface area contributed by atoms with Crippen molar-refractivity contribution >= 4 is 34.7 Å². The minimum atomic E-state index is -1.24. The third-order valence-electron chi connectivity index (χ3n) is 3.88. The van der Waals surface area contributed by atoms with Crippen LogP contribution in [0.4, 0.5) is 0 Å². The number of ether oxygens (including phenoxy) is 2. The molecule has 1 heterocycles. The average molecular weight is 419 g/mol. The van der Waals surface area contributed by atoms with Crippen LogP contribution in [0.25, 0.3) is 11.0 Å². The fourth-order valence-electron chi connectivity index (χ4n) is 2.60. The Labute approximate surface area is 172 Å². The molecule has 30 heavy (non-hydrogen) atoms. The van der Waals surface area contributed by atoms with Gasteiger partial charge in [0.05, 0.1) is 6.10 Å². The van der Waals surface area contributed by atoms with E-state index in [2.05, 4.69) is 10.9 Å². The highest BCUT2D eigenvalue weighted by Gasteiger charge is 2.21. The summed E-state index contributed by atoms with van der Waals surface area (Å²) in [6.45, 7) is 4.74. The Morgan fingerprint density at radius 2 is 1.80 bits per heavy atom. The highest BCUT2D eigenvalue weighted by molar-refractivity contribution is 6.05. The second-order valence-corrected chi connectivity index (χ2v) is 6.76. The van der Waals surface area contributed by atoms with Crippen LogP contribution in [0.2, 0.25) is 0 Å². The number of hydrogen-bond acceptors (Lipinski definition) is 8. The minimum Gasteiger partial charge on any atom is -0.550 e. The van der Waals surface area contributed by atoms with E-state index in [0.717, 1.165) is 0 Å². The van der Waals surface area contributed by atoms with Gasteiger partial charge < -0.3 is 23.8 Å². The molecule has 0 aliphatic heterocycles. The van der Waals surface area contributed by atoms with Crippen molar-refractivity contribution in [2.24, 2.45) is 0 Å². The molecule has 2 N–H and O–H groups in total. The number of amides is 2. The topological polar surface area (TPSA) is 147 Å². The van der Waals surface area contributed by atoms with Gasteiger partial charge in [-0.05, 0) is 51.8 Å². The van der Waals surface area contributed by atoms with Gasteiger partial charge in [-0.3, -0.25) is 20.4 Å². The first kappa shape index (κ1) is 22.7. The fourth-order valence-corrected chi connectivity index (χ4v) is 2.60. The number of hydrogen-bond donors (Lipinski definition) is 2. The van der Waals surface area contributed by atoms with E-state index in [9.17, 15) is 24.3 Å². The predicted octanol–water partition coefficient (Wildman–Crippen LogP) is 0.753. The zero-order chi connectivity index (χ0) is 22.3. The van der Waals surface area contributed by atoms with Crippen molar-refractivity contribution < 1.29 is 38.2 Å². The van der Waals surface area contributed by atoms with E-state index < -0.39 is 30.4 Å². The summed E-state index contributed by atoms with van der Waals surface area (Å²) in [4.78, 5) is 45.9. The average Bonchev–Trinajstić information content (AvgIpc) is 2.98. The third kappa shape index (κ3) is 6.50. The van der Waals surface area contributed by atoms with Crippen LogP contribution in [0.15, 0.2) is 22.6 Å². The van der Waals surface area contributed by atoms with E-state index in [1.54, 1.807) is 39.0 Å². The number of carbonyl (C=O) groups excluding carboxylic acids is 4. The first-order chi connectivity index (χ1) is 14.2. The number of carboxylic acid groups (broad SMARTS) is 1. The first-order valence-corrected chi connectivity index (χ1v) is 9.31. The SMILES string of the molecule is Cc1oc2ccc(OCC(=O)NNC(=O)CCCC(=O)[O-])cc2c1C(=O)OC(C)C. The molecule has 2 rings (SSSR count). The zero-order valence-corrected chi connectivity index (χ0v) is 16.9. The van der Waals surface area contributed by atoms with Gasteiger partial charge >= 0.3 is 5.97 Å². The van der Waals surface area contributed by atoms with Crippen LogP contribution < -0.4 is 20.7 Å². The molecule has 162 valence electrons. The lowest BCUT2D eigenvalue weighted by Gasteiger charge is -2.09. The molecule has 10 nitrogen and oxygen atoms in total. The summed E-state index contributed by atoms with van der Waals surface area (Å²) < 4.78 is 16.2. The van der Waals surface area contributed by atoms with Gasteiger partial charge in [0.25, 0.3) is 5.91 Å². The largest absolute Gasteiger partial charge is 0.550 e. The number of aryl methyl sites for hydroxylation is 1. The molecule has 0 radical (unpaired) electrons. The van der Waals surface area contributed by atoms with Crippen molar-refractivity contribution in [3.8, 4) is 5.75 Å². The molecule has 1 aromatic carbocycles. The van der Waals surface area contributed by atoms with Gasteiger partial charge in [-0.15, -0.1) is 0 Å². The van der Waals surface area contributed by atoms with Crippen molar-refractivity contribution in [2.75, 3.05) is 6.61 Å². The Balaban J connectivity index is 1.93. The van der Waals surface area contributed by atoms with E-state index in [1.807, 2.05) is 0 Å². The van der Waals surface area contributed by atoms with Crippen LogP contribution in [-0.2, 0) is 19.1 Å². The monoisotopic (exact) mass is 419 g/mol. The van der Waals surface area contributed by atoms with Gasteiger partial charge in [0, 0.05) is 17.8 Å². The molecule has 2 amide bonds. The van der Waals surface area contributed by atoms with Crippen molar-refractivity contribution in [3.05, 3.63) is 29.5 Å². The number of carboxylic acids is 1. The van der Waals surface area contributed by atoms with Crippen LogP contribution in [-0.4, -0.2) is 36.5 Å². The van der Waals surface area contributed by atoms with Gasteiger partial charge in [0.15, 0.2) is 6.61 Å². The number of esters is 1. The molecule has 0 fully saturated rings. The molecular weight excluding hydrogens is 396 g/mol. The van der Waals surface area contributed by atoms with Crippen LogP contribution in [0.1, 0.15) is 49.2 Å². The summed E-state index contributed by atoms with van der Waals surface area (Å²) in [5, 5.41) is 10.8. The van der Waals surface area contributed by atoms with Crippen molar-refractivity contribution in [1.29, 1.82) is 0 Å². The molecule has 0 bridgehead atoms. The number of rotatable bonds is 9. The summed E-state index contributed by atoms with van der Waals surface area (Å²) in [6.07, 6.45) is -0.499. The van der Waals surface area contributed by atoms with E-state index in [0.29, 0.717) is 22.5 Å². The lowest BCUT2D eigenvalue weighted by atomic mass is 10.1. The lowest BCUT2D eigenvalue weighted by molar-refractivity contribution is -0.305. The molecule has 10 heteroatoms. The molecule has 0 unspecified atom stereocenters. The molecule has 1 aromatic heterocycles. The Kier molecular flexibility index (Phi) is 7.79. The second-order valence-electron chi connectivity index (χ2n) is 6.76. The number of aliphatic carboxylic acids is 1. The molecule has 0 aliphatic carbocycles. The number of benzene rings is 1. The quantitative estimate of drug-likeness (QED) is 0.447. The number of furan rings is 1. The highest BCUT2D eigenvalue weighted by atomic mass is 16.5. The fraction of sp³-hybridized carbons (Fsp3) is 0.400. The normalized spacial score (nSPS) is 10.7. The van der Waals surface area contributed by atoms with Gasteiger partial charge in [-0.1, -0.05) is 0 Å². The molecule has 0 saturated heterocycles. The van der Waals surface area contributed by atoms with Crippen molar-refractivity contribution in [3.63, 3.8) is 0 Å². The lowest BCUT2D eigenvalue weighted by Crippen LogP contribution is -2.43. The molecule has 0 aliphatic rings. The molecular formula is C20H23N2O8-. The predicted molar refractivity (Wildman–Crippen MR) is 102 cm³/mol. The van der Waals surface area contributed by atoms with Crippen molar-refractivity contribution in [1.82, 2.24) is 10.9 Å². The van der Waals surface area contributed by atoms with Crippen LogP contribution in [0, 0.1) is 6.92 Å². The summed E-state index contributed by atoms with van der Waals surface area (Å²) in [5.41, 5.74) is 5.09. The maximum Gasteiger partial charge on any atom is 0.342 e. The molecule has 0 saturated carbocycles. The Morgan fingerprint density at radius 3 is 2.47 bits per heavy atom. The van der Waals surface area contributed by atoms with E-state index in [1.165, 1.54) is 0 Å². The second kappa shape index (κ2) is 10.3. The first-order valence-electron chi connectivity index (χ1n) is 9.31. The van der Waals surface area contributed by atoms with E-state index in [4.69, 9.17) is 13.9 Å².